The van der Waals surface area contributed by atoms with Crippen molar-refractivity contribution in [2.24, 2.45) is 5.92 Å². The topological polar surface area (TPSA) is 58.2 Å². The fourth-order valence-corrected chi connectivity index (χ4v) is 4.62. The smallest absolute Gasteiger partial charge is 0.240 e. The molecule has 2 rings (SSSR count). The zero-order valence-electron chi connectivity index (χ0n) is 11.8. The van der Waals surface area contributed by atoms with E-state index in [0.29, 0.717) is 23.9 Å². The van der Waals surface area contributed by atoms with Gasteiger partial charge in [0.05, 0.1) is 4.90 Å². The molecule has 1 unspecified atom stereocenters. The van der Waals surface area contributed by atoms with Crippen LogP contribution in [0.25, 0.3) is 0 Å². The number of hydrogen-bond donors (Lipinski definition) is 2. The van der Waals surface area contributed by atoms with Crippen molar-refractivity contribution in [3.63, 3.8) is 0 Å². The lowest BCUT2D eigenvalue weighted by Gasteiger charge is -2.11. The van der Waals surface area contributed by atoms with Gasteiger partial charge in [0.25, 0.3) is 0 Å². The summed E-state index contributed by atoms with van der Waals surface area (Å²) in [4.78, 5) is 0.360. The van der Waals surface area contributed by atoms with Crippen molar-refractivity contribution in [1.29, 1.82) is 0 Å². The highest BCUT2D eigenvalue weighted by Gasteiger charge is 2.20. The molecule has 1 heterocycles. The molecular weight excluding hydrogens is 292 g/mol. The Balaban J connectivity index is 2.00. The van der Waals surface area contributed by atoms with E-state index in [1.165, 1.54) is 0 Å². The average Bonchev–Trinajstić information content (AvgIpc) is 2.97. The van der Waals surface area contributed by atoms with Gasteiger partial charge in [-0.25, -0.2) is 13.1 Å². The van der Waals surface area contributed by atoms with E-state index >= 15 is 0 Å². The Kier molecular flexibility index (Phi) is 5.89. The van der Waals surface area contributed by atoms with Gasteiger partial charge in [0.1, 0.15) is 0 Å². The first kappa shape index (κ1) is 15.8. The molecule has 0 bridgehead atoms. The van der Waals surface area contributed by atoms with Crippen LogP contribution >= 0.6 is 11.8 Å². The van der Waals surface area contributed by atoms with E-state index in [1.807, 2.05) is 24.8 Å². The number of sulfonamides is 1. The summed E-state index contributed by atoms with van der Waals surface area (Å²) in [6, 6.07) is 7.14. The van der Waals surface area contributed by atoms with Gasteiger partial charge in [-0.05, 0) is 48.1 Å². The molecule has 1 atom stereocenters. The summed E-state index contributed by atoms with van der Waals surface area (Å²) in [5, 5.41) is 3.20. The molecular formula is C14H22N2O2S2. The van der Waals surface area contributed by atoms with E-state index in [-0.39, 0.29) is 0 Å². The van der Waals surface area contributed by atoms with Crippen LogP contribution in [0.3, 0.4) is 0 Å². The fraction of sp³-hybridized carbons (Fsp3) is 0.571. The van der Waals surface area contributed by atoms with Gasteiger partial charge in [0.2, 0.25) is 10.0 Å². The zero-order valence-corrected chi connectivity index (χ0v) is 13.4. The molecule has 0 aliphatic carbocycles. The minimum atomic E-state index is -3.38. The van der Waals surface area contributed by atoms with Gasteiger partial charge in [-0.15, -0.1) is 0 Å². The van der Waals surface area contributed by atoms with Crippen LogP contribution in [0.5, 0.6) is 0 Å². The highest BCUT2D eigenvalue weighted by Crippen LogP contribution is 2.23. The maximum Gasteiger partial charge on any atom is 0.240 e. The summed E-state index contributed by atoms with van der Waals surface area (Å²) in [7, 11) is -3.38. The first-order chi connectivity index (χ1) is 9.62. The van der Waals surface area contributed by atoms with Crippen LogP contribution in [0.4, 0.5) is 0 Å². The van der Waals surface area contributed by atoms with Crippen LogP contribution in [-0.2, 0) is 16.6 Å². The third-order valence-corrected chi connectivity index (χ3v) is 6.03. The monoisotopic (exact) mass is 314 g/mol. The molecule has 6 heteroatoms. The molecule has 0 saturated carbocycles. The van der Waals surface area contributed by atoms with Crippen molar-refractivity contribution in [3.05, 3.63) is 29.8 Å². The lowest BCUT2D eigenvalue weighted by atomic mass is 10.1. The summed E-state index contributed by atoms with van der Waals surface area (Å²) in [6.45, 7) is 4.14. The molecule has 1 saturated heterocycles. The molecule has 0 radical (unpaired) electrons. The first-order valence-corrected chi connectivity index (χ1v) is 9.62. The van der Waals surface area contributed by atoms with E-state index in [4.69, 9.17) is 0 Å². The van der Waals surface area contributed by atoms with Gasteiger partial charge in [0, 0.05) is 13.1 Å². The van der Waals surface area contributed by atoms with E-state index in [9.17, 15) is 8.42 Å². The van der Waals surface area contributed by atoms with Crippen molar-refractivity contribution >= 4 is 21.8 Å². The molecule has 4 nitrogen and oxygen atoms in total. The van der Waals surface area contributed by atoms with E-state index in [0.717, 1.165) is 30.0 Å². The molecule has 1 fully saturated rings. The summed E-state index contributed by atoms with van der Waals surface area (Å²) < 4.78 is 27.3. The summed E-state index contributed by atoms with van der Waals surface area (Å²) in [5.41, 5.74) is 0.992. The molecule has 112 valence electrons. The summed E-state index contributed by atoms with van der Waals surface area (Å²) in [5.74, 6) is 2.67. The molecule has 0 aromatic heterocycles. The van der Waals surface area contributed by atoms with E-state index < -0.39 is 10.0 Å². The highest BCUT2D eigenvalue weighted by atomic mass is 32.2. The molecule has 1 aromatic carbocycles. The van der Waals surface area contributed by atoms with Gasteiger partial charge < -0.3 is 5.32 Å². The third kappa shape index (κ3) is 4.48. The molecule has 1 aliphatic heterocycles. The highest BCUT2D eigenvalue weighted by molar-refractivity contribution is 7.99. The maximum atomic E-state index is 12.3. The van der Waals surface area contributed by atoms with Crippen LogP contribution in [0.1, 0.15) is 18.9 Å². The lowest BCUT2D eigenvalue weighted by Crippen LogP contribution is -2.29. The third-order valence-electron chi connectivity index (χ3n) is 3.37. The predicted molar refractivity (Wildman–Crippen MR) is 84.4 cm³/mol. The number of rotatable bonds is 7. The SMILES string of the molecule is CCNCc1cccc(S(=O)(=O)NCC2CCSC2)c1. The predicted octanol–water partition coefficient (Wildman–Crippen LogP) is 1.83. The first-order valence-electron chi connectivity index (χ1n) is 6.99. The normalized spacial score (nSPS) is 19.4. The van der Waals surface area contributed by atoms with Gasteiger partial charge in [-0.3, -0.25) is 0 Å². The standard InChI is InChI=1S/C14H22N2O2S2/c1-2-15-9-12-4-3-5-14(8-12)20(17,18)16-10-13-6-7-19-11-13/h3-5,8,13,15-16H,2,6-7,9-11H2,1H3. The van der Waals surface area contributed by atoms with Crippen molar-refractivity contribution in [3.8, 4) is 0 Å². The van der Waals surface area contributed by atoms with Crippen LogP contribution in [0.2, 0.25) is 0 Å². The Labute approximate surface area is 125 Å². The van der Waals surface area contributed by atoms with Crippen LogP contribution in [0.15, 0.2) is 29.2 Å². The molecule has 20 heavy (non-hydrogen) atoms. The van der Waals surface area contributed by atoms with Crippen molar-refractivity contribution < 1.29 is 8.42 Å². The van der Waals surface area contributed by atoms with Crippen molar-refractivity contribution in [2.75, 3.05) is 24.6 Å². The van der Waals surface area contributed by atoms with E-state index in [1.54, 1.807) is 18.2 Å². The average molecular weight is 314 g/mol. The molecule has 1 aromatic rings. The fourth-order valence-electron chi connectivity index (χ4n) is 2.15. The molecule has 2 N–H and O–H groups in total. The van der Waals surface area contributed by atoms with Crippen LogP contribution < -0.4 is 10.0 Å². The number of benzene rings is 1. The number of hydrogen-bond acceptors (Lipinski definition) is 4. The minimum absolute atomic E-state index is 0.360. The van der Waals surface area contributed by atoms with Crippen molar-refractivity contribution in [1.82, 2.24) is 10.0 Å². The van der Waals surface area contributed by atoms with Crippen LogP contribution in [0, 0.1) is 5.92 Å². The van der Waals surface area contributed by atoms with Gasteiger partial charge in [-0.2, -0.15) is 11.8 Å². The lowest BCUT2D eigenvalue weighted by molar-refractivity contribution is 0.545. The molecule has 0 spiro atoms. The minimum Gasteiger partial charge on any atom is -0.313 e. The Morgan fingerprint density at radius 1 is 1.40 bits per heavy atom. The maximum absolute atomic E-state index is 12.3. The van der Waals surface area contributed by atoms with Gasteiger partial charge >= 0.3 is 0 Å². The summed E-state index contributed by atoms with van der Waals surface area (Å²) in [6.07, 6.45) is 1.10. The Bertz CT molecular complexity index is 526. The second-order valence-corrected chi connectivity index (χ2v) is 7.93. The van der Waals surface area contributed by atoms with Crippen molar-refractivity contribution in [2.45, 2.75) is 24.8 Å². The Morgan fingerprint density at radius 3 is 2.95 bits per heavy atom. The largest absolute Gasteiger partial charge is 0.313 e. The molecule has 0 amide bonds. The Morgan fingerprint density at radius 2 is 2.25 bits per heavy atom. The number of thioether (sulfide) groups is 1. The summed E-state index contributed by atoms with van der Waals surface area (Å²) >= 11 is 1.90. The Hall–Kier alpha value is -0.560. The second-order valence-electron chi connectivity index (χ2n) is 5.01. The van der Waals surface area contributed by atoms with Crippen LogP contribution in [-0.4, -0.2) is 33.0 Å². The van der Waals surface area contributed by atoms with Gasteiger partial charge in [0.15, 0.2) is 0 Å². The second kappa shape index (κ2) is 7.45. The quantitative estimate of drug-likeness (QED) is 0.806. The number of nitrogens with one attached hydrogen (secondary N) is 2. The zero-order chi connectivity index (χ0) is 14.4. The van der Waals surface area contributed by atoms with E-state index in [2.05, 4.69) is 10.0 Å². The van der Waals surface area contributed by atoms with Gasteiger partial charge in [-0.1, -0.05) is 19.1 Å². The molecule has 1 aliphatic rings.